The van der Waals surface area contributed by atoms with E-state index in [4.69, 9.17) is 5.73 Å². The van der Waals surface area contributed by atoms with Crippen molar-refractivity contribution >= 4 is 10.8 Å². The Bertz CT molecular complexity index is 524. The number of rotatable bonds is 1. The maximum atomic E-state index is 9.44. The first-order chi connectivity index (χ1) is 7.69. The molecule has 2 aromatic rings. The highest BCUT2D eigenvalue weighted by Crippen LogP contribution is 2.41. The summed E-state index contributed by atoms with van der Waals surface area (Å²) in [6, 6.07) is 14.5. The van der Waals surface area contributed by atoms with Crippen molar-refractivity contribution in [1.29, 1.82) is 0 Å². The van der Waals surface area contributed by atoms with Crippen LogP contribution < -0.4 is 5.73 Å². The van der Waals surface area contributed by atoms with Crippen molar-refractivity contribution in [2.75, 3.05) is 0 Å². The molecule has 3 rings (SSSR count). The molecule has 0 radical (unpaired) electrons. The number of nitrogens with two attached hydrogens (primary N) is 1. The lowest BCUT2D eigenvalue weighted by atomic mass is 9.69. The Labute approximate surface area is 94.7 Å². The van der Waals surface area contributed by atoms with Crippen molar-refractivity contribution < 1.29 is 5.11 Å². The van der Waals surface area contributed by atoms with E-state index in [0.717, 1.165) is 5.56 Å². The minimum absolute atomic E-state index is 0.232. The van der Waals surface area contributed by atoms with Gasteiger partial charge in [0.05, 0.1) is 6.10 Å². The predicted octanol–water partition coefficient (Wildman–Crippen LogP) is 2.15. The molecule has 0 atom stereocenters. The summed E-state index contributed by atoms with van der Waals surface area (Å²) in [5.41, 5.74) is 7.15. The topological polar surface area (TPSA) is 46.2 Å². The molecular formula is C14H15NO. The number of hydrogen-bond donors (Lipinski definition) is 2. The van der Waals surface area contributed by atoms with Crippen LogP contribution in [0.4, 0.5) is 0 Å². The van der Waals surface area contributed by atoms with E-state index < -0.39 is 0 Å². The van der Waals surface area contributed by atoms with Crippen LogP contribution >= 0.6 is 0 Å². The van der Waals surface area contributed by atoms with Crippen LogP contribution in [0.1, 0.15) is 18.4 Å². The molecular weight excluding hydrogens is 198 g/mol. The molecule has 0 spiro atoms. The fraction of sp³-hybridized carbons (Fsp3) is 0.286. The van der Waals surface area contributed by atoms with Gasteiger partial charge in [0.2, 0.25) is 0 Å². The first-order valence-electron chi connectivity index (χ1n) is 5.64. The Morgan fingerprint density at radius 2 is 1.75 bits per heavy atom. The highest BCUT2D eigenvalue weighted by molar-refractivity contribution is 5.86. The molecule has 0 aliphatic heterocycles. The van der Waals surface area contributed by atoms with Crippen molar-refractivity contribution in [3.05, 3.63) is 48.0 Å². The van der Waals surface area contributed by atoms with E-state index in [9.17, 15) is 5.11 Å². The molecule has 0 unspecified atom stereocenters. The Hall–Kier alpha value is -1.38. The molecule has 2 aromatic carbocycles. The van der Waals surface area contributed by atoms with Gasteiger partial charge < -0.3 is 10.8 Å². The zero-order chi connectivity index (χ0) is 11.2. The minimum atomic E-state index is -0.333. The number of fused-ring (bicyclic) bond motifs is 1. The summed E-state index contributed by atoms with van der Waals surface area (Å²) in [4.78, 5) is 0. The van der Waals surface area contributed by atoms with Crippen LogP contribution in [0.2, 0.25) is 0 Å². The molecule has 16 heavy (non-hydrogen) atoms. The van der Waals surface area contributed by atoms with Crippen LogP contribution in [0, 0.1) is 0 Å². The average Bonchev–Trinajstić information content (AvgIpc) is 2.26. The van der Waals surface area contributed by atoms with Crippen molar-refractivity contribution in [3.8, 4) is 0 Å². The van der Waals surface area contributed by atoms with Gasteiger partial charge >= 0.3 is 0 Å². The van der Waals surface area contributed by atoms with E-state index in [2.05, 4.69) is 24.3 Å². The number of aliphatic hydroxyl groups excluding tert-OH is 1. The van der Waals surface area contributed by atoms with Gasteiger partial charge in [-0.25, -0.2) is 0 Å². The summed E-state index contributed by atoms with van der Waals surface area (Å²) < 4.78 is 0. The number of aliphatic hydroxyl groups is 1. The normalized spacial score (nSPS) is 29.0. The van der Waals surface area contributed by atoms with Gasteiger partial charge in [0.15, 0.2) is 0 Å². The molecule has 2 heteroatoms. The second kappa shape index (κ2) is 3.30. The summed E-state index contributed by atoms with van der Waals surface area (Å²) in [5, 5.41) is 11.9. The fourth-order valence-corrected chi connectivity index (χ4v) is 2.66. The summed E-state index contributed by atoms with van der Waals surface area (Å²) in [7, 11) is 0. The standard InChI is InChI=1S/C14H15NO/c15-14(8-11(16)9-14)13-7-3-5-10-4-1-2-6-12(10)13/h1-7,11,16H,8-9,15H2. The molecule has 1 fully saturated rings. The van der Waals surface area contributed by atoms with Crippen molar-refractivity contribution in [2.24, 2.45) is 5.73 Å². The van der Waals surface area contributed by atoms with Crippen molar-refractivity contribution in [1.82, 2.24) is 0 Å². The van der Waals surface area contributed by atoms with Crippen molar-refractivity contribution in [2.45, 2.75) is 24.5 Å². The average molecular weight is 213 g/mol. The summed E-state index contributed by atoms with van der Waals surface area (Å²) >= 11 is 0. The predicted molar refractivity (Wildman–Crippen MR) is 65.1 cm³/mol. The van der Waals surface area contributed by atoms with E-state index in [1.54, 1.807) is 0 Å². The van der Waals surface area contributed by atoms with Gasteiger partial charge in [-0.3, -0.25) is 0 Å². The van der Waals surface area contributed by atoms with Crippen LogP contribution in [0.3, 0.4) is 0 Å². The summed E-state index contributed by atoms with van der Waals surface area (Å²) in [5.74, 6) is 0. The third kappa shape index (κ3) is 1.34. The lowest BCUT2D eigenvalue weighted by Gasteiger charge is -2.43. The third-order valence-electron chi connectivity index (χ3n) is 3.53. The number of benzene rings is 2. The van der Waals surface area contributed by atoms with E-state index >= 15 is 0 Å². The number of hydrogen-bond acceptors (Lipinski definition) is 2. The quantitative estimate of drug-likeness (QED) is 0.762. The van der Waals surface area contributed by atoms with Gasteiger partial charge in [0.25, 0.3) is 0 Å². The van der Waals surface area contributed by atoms with Gasteiger partial charge in [-0.05, 0) is 29.2 Å². The van der Waals surface area contributed by atoms with Gasteiger partial charge in [-0.2, -0.15) is 0 Å². The van der Waals surface area contributed by atoms with Crippen molar-refractivity contribution in [3.63, 3.8) is 0 Å². The van der Waals surface area contributed by atoms with Crippen LogP contribution in [-0.2, 0) is 5.54 Å². The largest absolute Gasteiger partial charge is 0.393 e. The molecule has 0 heterocycles. The molecule has 0 aromatic heterocycles. The van der Waals surface area contributed by atoms with Crippen LogP contribution in [-0.4, -0.2) is 11.2 Å². The maximum Gasteiger partial charge on any atom is 0.0582 e. The minimum Gasteiger partial charge on any atom is -0.393 e. The van der Waals surface area contributed by atoms with Crippen LogP contribution in [0.15, 0.2) is 42.5 Å². The molecule has 0 saturated heterocycles. The zero-order valence-electron chi connectivity index (χ0n) is 9.06. The van der Waals surface area contributed by atoms with E-state index in [1.807, 2.05) is 18.2 Å². The molecule has 2 nitrogen and oxygen atoms in total. The third-order valence-corrected chi connectivity index (χ3v) is 3.53. The Balaban J connectivity index is 2.17. The Kier molecular flexibility index (Phi) is 2.03. The SMILES string of the molecule is NC1(c2cccc3ccccc23)CC(O)C1. The molecule has 0 amide bonds. The smallest absolute Gasteiger partial charge is 0.0582 e. The molecule has 3 N–H and O–H groups in total. The van der Waals surface area contributed by atoms with Gasteiger partial charge in [-0.15, -0.1) is 0 Å². The van der Waals surface area contributed by atoms with E-state index in [1.165, 1.54) is 10.8 Å². The lowest BCUT2D eigenvalue weighted by Crippen LogP contribution is -2.51. The lowest BCUT2D eigenvalue weighted by molar-refractivity contribution is 0.0217. The molecule has 1 aliphatic rings. The fourth-order valence-electron chi connectivity index (χ4n) is 2.66. The molecule has 1 saturated carbocycles. The summed E-state index contributed by atoms with van der Waals surface area (Å²) in [6.07, 6.45) is 1.10. The Morgan fingerprint density at radius 1 is 1.06 bits per heavy atom. The maximum absolute atomic E-state index is 9.44. The first kappa shape index (κ1) is 9.82. The van der Waals surface area contributed by atoms with E-state index in [0.29, 0.717) is 12.8 Å². The van der Waals surface area contributed by atoms with Crippen LogP contribution in [0.5, 0.6) is 0 Å². The highest BCUT2D eigenvalue weighted by Gasteiger charge is 2.42. The monoisotopic (exact) mass is 213 g/mol. The van der Waals surface area contributed by atoms with E-state index in [-0.39, 0.29) is 11.6 Å². The van der Waals surface area contributed by atoms with Gasteiger partial charge in [0.1, 0.15) is 0 Å². The van der Waals surface area contributed by atoms with Crippen LogP contribution in [0.25, 0.3) is 10.8 Å². The zero-order valence-corrected chi connectivity index (χ0v) is 9.06. The molecule has 0 bridgehead atoms. The second-order valence-electron chi connectivity index (χ2n) is 4.74. The molecule has 1 aliphatic carbocycles. The van der Waals surface area contributed by atoms with Gasteiger partial charge in [0, 0.05) is 5.54 Å². The highest BCUT2D eigenvalue weighted by atomic mass is 16.3. The summed E-state index contributed by atoms with van der Waals surface area (Å²) in [6.45, 7) is 0. The Morgan fingerprint density at radius 3 is 2.50 bits per heavy atom. The van der Waals surface area contributed by atoms with Gasteiger partial charge in [-0.1, -0.05) is 42.5 Å². The first-order valence-corrected chi connectivity index (χ1v) is 5.64. The second-order valence-corrected chi connectivity index (χ2v) is 4.74. The molecule has 82 valence electrons.